The van der Waals surface area contributed by atoms with Gasteiger partial charge < -0.3 is 4.74 Å². The van der Waals surface area contributed by atoms with Crippen LogP contribution in [0.5, 0.6) is 0 Å². The predicted molar refractivity (Wildman–Crippen MR) is 63.4 cm³/mol. The van der Waals surface area contributed by atoms with Crippen molar-refractivity contribution in [1.82, 2.24) is 0 Å². The van der Waals surface area contributed by atoms with E-state index in [9.17, 15) is 4.79 Å². The van der Waals surface area contributed by atoms with Gasteiger partial charge in [0.25, 0.3) is 0 Å². The molecule has 2 heteroatoms. The van der Waals surface area contributed by atoms with Gasteiger partial charge in [0, 0.05) is 19.4 Å². The zero-order valence-corrected chi connectivity index (χ0v) is 9.52. The summed E-state index contributed by atoms with van der Waals surface area (Å²) in [4.78, 5) is 11.8. The number of benzene rings is 1. The maximum atomic E-state index is 11.8. The number of ether oxygens (including phenoxy) is 1. The first-order valence-corrected chi connectivity index (χ1v) is 6.02. The quantitative estimate of drug-likeness (QED) is 0.776. The third kappa shape index (κ3) is 3.46. The molecule has 86 valence electrons. The summed E-state index contributed by atoms with van der Waals surface area (Å²) < 4.78 is 5.57. The smallest absolute Gasteiger partial charge is 0.139 e. The number of hydrogen-bond acceptors (Lipinski definition) is 2. The normalized spacial score (nSPS) is 20.6. The second kappa shape index (κ2) is 5.80. The van der Waals surface area contributed by atoms with E-state index in [1.807, 2.05) is 30.3 Å². The Morgan fingerprint density at radius 1 is 1.25 bits per heavy atom. The molecular formula is C14H18O2. The molecule has 1 unspecified atom stereocenters. The first-order chi connectivity index (χ1) is 7.84. The van der Waals surface area contributed by atoms with Gasteiger partial charge in [0.1, 0.15) is 5.78 Å². The predicted octanol–water partition coefficient (Wildman–Crippen LogP) is 2.76. The van der Waals surface area contributed by atoms with Crippen LogP contribution in [-0.4, -0.2) is 18.5 Å². The van der Waals surface area contributed by atoms with Crippen LogP contribution < -0.4 is 0 Å². The first-order valence-electron chi connectivity index (χ1n) is 6.02. The highest BCUT2D eigenvalue weighted by Crippen LogP contribution is 2.16. The van der Waals surface area contributed by atoms with Gasteiger partial charge in [-0.05, 0) is 24.8 Å². The minimum absolute atomic E-state index is 0.171. The lowest BCUT2D eigenvalue weighted by Gasteiger charge is -2.21. The van der Waals surface area contributed by atoms with E-state index < -0.39 is 0 Å². The van der Waals surface area contributed by atoms with Crippen molar-refractivity contribution < 1.29 is 9.53 Å². The standard InChI is InChI=1S/C14H18O2/c15-13(10-12-6-2-1-3-7-12)11-14-8-4-5-9-16-14/h1-3,6-7,14H,4-5,8-11H2. The highest BCUT2D eigenvalue weighted by molar-refractivity contribution is 5.81. The lowest BCUT2D eigenvalue weighted by molar-refractivity contribution is -0.122. The number of carbonyl (C=O) groups excluding carboxylic acids is 1. The molecule has 0 aliphatic carbocycles. The summed E-state index contributed by atoms with van der Waals surface area (Å²) in [5.74, 6) is 0.290. The molecule has 1 aromatic rings. The van der Waals surface area contributed by atoms with Crippen molar-refractivity contribution in [1.29, 1.82) is 0 Å². The van der Waals surface area contributed by atoms with Gasteiger partial charge >= 0.3 is 0 Å². The van der Waals surface area contributed by atoms with Crippen molar-refractivity contribution in [3.05, 3.63) is 35.9 Å². The van der Waals surface area contributed by atoms with Gasteiger partial charge in [0.15, 0.2) is 0 Å². The van der Waals surface area contributed by atoms with Crippen molar-refractivity contribution >= 4 is 5.78 Å². The van der Waals surface area contributed by atoms with Crippen molar-refractivity contribution in [3.8, 4) is 0 Å². The summed E-state index contributed by atoms with van der Waals surface area (Å²) in [6.45, 7) is 0.823. The second-order valence-electron chi connectivity index (χ2n) is 4.39. The van der Waals surface area contributed by atoms with E-state index in [1.165, 1.54) is 6.42 Å². The van der Waals surface area contributed by atoms with Crippen LogP contribution in [0.4, 0.5) is 0 Å². The molecule has 0 bridgehead atoms. The molecule has 2 rings (SSSR count). The molecule has 1 saturated heterocycles. The van der Waals surface area contributed by atoms with Crippen LogP contribution in [0, 0.1) is 0 Å². The van der Waals surface area contributed by atoms with E-state index >= 15 is 0 Å². The Kier molecular flexibility index (Phi) is 4.11. The zero-order valence-electron chi connectivity index (χ0n) is 9.52. The van der Waals surface area contributed by atoms with Gasteiger partial charge in [-0.15, -0.1) is 0 Å². The molecule has 1 atom stereocenters. The van der Waals surface area contributed by atoms with Crippen LogP contribution in [0.1, 0.15) is 31.2 Å². The summed E-state index contributed by atoms with van der Waals surface area (Å²) in [5, 5.41) is 0. The van der Waals surface area contributed by atoms with Crippen molar-refractivity contribution in [2.45, 2.75) is 38.2 Å². The molecule has 1 aliphatic rings. The lowest BCUT2D eigenvalue weighted by atomic mass is 10.0. The Balaban J connectivity index is 1.80. The van der Waals surface area contributed by atoms with Gasteiger partial charge in [0.05, 0.1) is 6.10 Å². The Morgan fingerprint density at radius 3 is 2.75 bits per heavy atom. The summed E-state index contributed by atoms with van der Waals surface area (Å²) >= 11 is 0. The lowest BCUT2D eigenvalue weighted by Crippen LogP contribution is -2.23. The fourth-order valence-corrected chi connectivity index (χ4v) is 2.12. The van der Waals surface area contributed by atoms with Gasteiger partial charge in [-0.1, -0.05) is 30.3 Å². The average Bonchev–Trinajstić information content (AvgIpc) is 2.31. The molecule has 0 radical (unpaired) electrons. The number of Topliss-reactive ketones (excluding diaryl/α,β-unsaturated/α-hetero) is 1. The molecule has 1 fully saturated rings. The third-order valence-corrected chi connectivity index (χ3v) is 2.97. The Bertz CT molecular complexity index is 326. The van der Waals surface area contributed by atoms with Crippen molar-refractivity contribution in [2.75, 3.05) is 6.61 Å². The topological polar surface area (TPSA) is 26.3 Å². The first kappa shape index (κ1) is 11.3. The van der Waals surface area contributed by atoms with Gasteiger partial charge in [-0.25, -0.2) is 0 Å². The summed E-state index contributed by atoms with van der Waals surface area (Å²) in [6.07, 6.45) is 4.67. The Morgan fingerprint density at radius 2 is 2.06 bits per heavy atom. The van der Waals surface area contributed by atoms with E-state index in [-0.39, 0.29) is 11.9 Å². The monoisotopic (exact) mass is 218 g/mol. The zero-order chi connectivity index (χ0) is 11.2. The highest BCUT2D eigenvalue weighted by atomic mass is 16.5. The molecule has 0 aromatic heterocycles. The third-order valence-electron chi connectivity index (χ3n) is 2.97. The van der Waals surface area contributed by atoms with Gasteiger partial charge in [-0.3, -0.25) is 4.79 Å². The number of rotatable bonds is 4. The molecule has 2 nitrogen and oxygen atoms in total. The minimum Gasteiger partial charge on any atom is -0.378 e. The van der Waals surface area contributed by atoms with E-state index in [4.69, 9.17) is 4.74 Å². The summed E-state index contributed by atoms with van der Waals surface area (Å²) in [5.41, 5.74) is 1.10. The number of ketones is 1. The summed E-state index contributed by atoms with van der Waals surface area (Å²) in [7, 11) is 0. The van der Waals surface area contributed by atoms with Crippen LogP contribution in [-0.2, 0) is 16.0 Å². The van der Waals surface area contributed by atoms with Crippen molar-refractivity contribution in [3.63, 3.8) is 0 Å². The van der Waals surface area contributed by atoms with E-state index in [0.29, 0.717) is 12.8 Å². The molecule has 0 amide bonds. The minimum atomic E-state index is 0.171. The number of hydrogen-bond donors (Lipinski definition) is 0. The summed E-state index contributed by atoms with van der Waals surface area (Å²) in [6, 6.07) is 9.91. The van der Waals surface area contributed by atoms with Gasteiger partial charge in [-0.2, -0.15) is 0 Å². The maximum Gasteiger partial charge on any atom is 0.139 e. The highest BCUT2D eigenvalue weighted by Gasteiger charge is 2.17. The van der Waals surface area contributed by atoms with E-state index in [1.54, 1.807) is 0 Å². The SMILES string of the molecule is O=C(Cc1ccccc1)CC1CCCCO1. The van der Waals surface area contributed by atoms with E-state index in [0.717, 1.165) is 25.0 Å². The molecular weight excluding hydrogens is 200 g/mol. The molecule has 1 heterocycles. The molecule has 1 aromatic carbocycles. The van der Waals surface area contributed by atoms with Crippen LogP contribution in [0.2, 0.25) is 0 Å². The van der Waals surface area contributed by atoms with Crippen LogP contribution in [0.3, 0.4) is 0 Å². The molecule has 16 heavy (non-hydrogen) atoms. The van der Waals surface area contributed by atoms with Gasteiger partial charge in [0.2, 0.25) is 0 Å². The molecule has 0 N–H and O–H groups in total. The van der Waals surface area contributed by atoms with Crippen LogP contribution in [0.25, 0.3) is 0 Å². The van der Waals surface area contributed by atoms with Crippen LogP contribution in [0.15, 0.2) is 30.3 Å². The molecule has 0 spiro atoms. The molecule has 1 aliphatic heterocycles. The Hall–Kier alpha value is -1.15. The average molecular weight is 218 g/mol. The number of carbonyl (C=O) groups is 1. The fraction of sp³-hybridized carbons (Fsp3) is 0.500. The fourth-order valence-electron chi connectivity index (χ4n) is 2.12. The maximum absolute atomic E-state index is 11.8. The largest absolute Gasteiger partial charge is 0.378 e. The van der Waals surface area contributed by atoms with Crippen molar-refractivity contribution in [2.24, 2.45) is 0 Å². The van der Waals surface area contributed by atoms with Crippen LogP contribution >= 0.6 is 0 Å². The molecule has 0 saturated carbocycles. The second-order valence-corrected chi connectivity index (χ2v) is 4.39. The Labute approximate surface area is 96.6 Å². The van der Waals surface area contributed by atoms with E-state index in [2.05, 4.69) is 0 Å².